The fraction of sp³-hybridized carbons (Fsp3) is 0.250. The molecule has 1 rings (SSSR count). The van der Waals surface area contributed by atoms with Crippen LogP contribution in [0.25, 0.3) is 0 Å². The van der Waals surface area contributed by atoms with Gasteiger partial charge in [0.15, 0.2) is 14.9 Å². The molecule has 1 aromatic carbocycles. The standard InChI is InChI=1S/C8H10INO4S2/c1-15(11,12)6-16(13,14)10-8-4-2-3-7(9)5-8/h2-5,10H,6H2,1H3. The van der Waals surface area contributed by atoms with Gasteiger partial charge in [0.1, 0.15) is 0 Å². The molecule has 1 N–H and O–H groups in total. The highest BCUT2D eigenvalue weighted by Crippen LogP contribution is 2.14. The summed E-state index contributed by atoms with van der Waals surface area (Å²) in [6.45, 7) is 0. The molecule has 0 unspecified atom stereocenters. The number of rotatable bonds is 4. The number of sulfonamides is 1. The smallest absolute Gasteiger partial charge is 0.247 e. The van der Waals surface area contributed by atoms with E-state index in [1.807, 2.05) is 22.6 Å². The monoisotopic (exact) mass is 375 g/mol. The molecule has 0 saturated heterocycles. The van der Waals surface area contributed by atoms with Gasteiger partial charge in [0, 0.05) is 15.5 Å². The van der Waals surface area contributed by atoms with E-state index < -0.39 is 24.9 Å². The van der Waals surface area contributed by atoms with Crippen LogP contribution in [0.2, 0.25) is 0 Å². The minimum Gasteiger partial charge on any atom is -0.283 e. The average molecular weight is 375 g/mol. The van der Waals surface area contributed by atoms with Crippen LogP contribution in [0.15, 0.2) is 24.3 Å². The van der Waals surface area contributed by atoms with E-state index in [1.54, 1.807) is 24.3 Å². The second kappa shape index (κ2) is 4.88. The molecule has 0 aliphatic heterocycles. The number of halogens is 1. The van der Waals surface area contributed by atoms with E-state index in [9.17, 15) is 16.8 Å². The van der Waals surface area contributed by atoms with Crippen molar-refractivity contribution >= 4 is 48.1 Å². The summed E-state index contributed by atoms with van der Waals surface area (Å²) in [6.07, 6.45) is 0.876. The van der Waals surface area contributed by atoms with E-state index in [0.29, 0.717) is 5.69 Å². The van der Waals surface area contributed by atoms with E-state index in [4.69, 9.17) is 0 Å². The van der Waals surface area contributed by atoms with Crippen LogP contribution in [0, 0.1) is 3.57 Å². The zero-order valence-electron chi connectivity index (χ0n) is 8.34. The lowest BCUT2D eigenvalue weighted by Gasteiger charge is -2.06. The second-order valence-corrected chi connectivity index (χ2v) is 8.74. The summed E-state index contributed by atoms with van der Waals surface area (Å²) in [4.78, 5) is 0. The van der Waals surface area contributed by atoms with Crippen molar-refractivity contribution in [2.45, 2.75) is 0 Å². The zero-order valence-corrected chi connectivity index (χ0v) is 12.1. The maximum atomic E-state index is 11.4. The molecule has 0 saturated carbocycles. The molecule has 0 heterocycles. The zero-order chi connectivity index (χ0) is 12.4. The van der Waals surface area contributed by atoms with Gasteiger partial charge in [0.05, 0.1) is 0 Å². The Bertz CT molecular complexity index is 580. The van der Waals surface area contributed by atoms with Crippen LogP contribution in [-0.2, 0) is 19.9 Å². The predicted molar refractivity (Wildman–Crippen MR) is 71.4 cm³/mol. The van der Waals surface area contributed by atoms with Crippen LogP contribution in [0.3, 0.4) is 0 Å². The van der Waals surface area contributed by atoms with Gasteiger partial charge in [0.25, 0.3) is 0 Å². The fourth-order valence-corrected chi connectivity index (χ4v) is 4.56. The number of hydrogen-bond donors (Lipinski definition) is 1. The Balaban J connectivity index is 2.90. The van der Waals surface area contributed by atoms with Crippen LogP contribution >= 0.6 is 22.6 Å². The highest BCUT2D eigenvalue weighted by Gasteiger charge is 2.17. The minimum absolute atomic E-state index is 0.357. The summed E-state index contributed by atoms with van der Waals surface area (Å²) in [5.41, 5.74) is 0.357. The molecule has 0 atom stereocenters. The molecular weight excluding hydrogens is 365 g/mol. The molecule has 0 spiro atoms. The summed E-state index contributed by atoms with van der Waals surface area (Å²) in [5, 5.41) is -0.911. The van der Waals surface area contributed by atoms with Crippen molar-refractivity contribution in [3.05, 3.63) is 27.8 Å². The third-order valence-corrected chi connectivity index (χ3v) is 5.64. The number of sulfone groups is 1. The van der Waals surface area contributed by atoms with E-state index in [1.165, 1.54) is 0 Å². The van der Waals surface area contributed by atoms with Gasteiger partial charge < -0.3 is 0 Å². The molecule has 0 radical (unpaired) electrons. The normalized spacial score (nSPS) is 12.4. The van der Waals surface area contributed by atoms with Gasteiger partial charge in [-0.1, -0.05) is 6.07 Å². The van der Waals surface area contributed by atoms with Crippen LogP contribution in [0.5, 0.6) is 0 Å². The van der Waals surface area contributed by atoms with E-state index >= 15 is 0 Å². The van der Waals surface area contributed by atoms with Crippen LogP contribution < -0.4 is 4.72 Å². The first-order valence-corrected chi connectivity index (χ1v) is 8.91. The Hall–Kier alpha value is -0.350. The van der Waals surface area contributed by atoms with Crippen molar-refractivity contribution in [1.29, 1.82) is 0 Å². The highest BCUT2D eigenvalue weighted by molar-refractivity contribution is 14.1. The van der Waals surface area contributed by atoms with Crippen molar-refractivity contribution in [3.63, 3.8) is 0 Å². The maximum Gasteiger partial charge on any atom is 0.247 e. The van der Waals surface area contributed by atoms with Crippen molar-refractivity contribution in [2.24, 2.45) is 0 Å². The molecule has 0 aliphatic rings. The third-order valence-electron chi connectivity index (χ3n) is 1.47. The maximum absolute atomic E-state index is 11.4. The van der Waals surface area contributed by atoms with Crippen molar-refractivity contribution in [1.82, 2.24) is 0 Å². The summed E-state index contributed by atoms with van der Waals surface area (Å²) in [7, 11) is -7.41. The topological polar surface area (TPSA) is 80.3 Å². The number of benzene rings is 1. The summed E-state index contributed by atoms with van der Waals surface area (Å²) >= 11 is 2.03. The Morgan fingerprint density at radius 3 is 2.38 bits per heavy atom. The summed E-state index contributed by atoms with van der Waals surface area (Å²) < 4.78 is 47.7. The first kappa shape index (κ1) is 13.7. The number of nitrogens with one attached hydrogen (secondary N) is 1. The van der Waals surface area contributed by atoms with Gasteiger partial charge >= 0.3 is 0 Å². The van der Waals surface area contributed by atoms with Gasteiger partial charge in [-0.2, -0.15) is 0 Å². The molecular formula is C8H10INO4S2. The summed E-state index contributed by atoms with van der Waals surface area (Å²) in [6, 6.07) is 6.65. The number of anilines is 1. The SMILES string of the molecule is CS(=O)(=O)CS(=O)(=O)Nc1cccc(I)c1. The lowest BCUT2D eigenvalue weighted by molar-refractivity contribution is 0.595. The molecule has 0 aliphatic carbocycles. The van der Waals surface area contributed by atoms with Crippen LogP contribution in [-0.4, -0.2) is 28.2 Å². The predicted octanol–water partition coefficient (Wildman–Crippen LogP) is 1.03. The second-order valence-electron chi connectivity index (χ2n) is 3.27. The lowest BCUT2D eigenvalue weighted by Crippen LogP contribution is -2.22. The third kappa shape index (κ3) is 5.12. The van der Waals surface area contributed by atoms with Crippen molar-refractivity contribution < 1.29 is 16.8 Å². The first-order valence-electron chi connectivity index (χ1n) is 4.12. The van der Waals surface area contributed by atoms with Gasteiger partial charge in [-0.15, -0.1) is 0 Å². The van der Waals surface area contributed by atoms with Gasteiger partial charge in [-0.05, 0) is 40.8 Å². The molecule has 5 nitrogen and oxygen atoms in total. The molecule has 0 bridgehead atoms. The van der Waals surface area contributed by atoms with E-state index in [-0.39, 0.29) is 0 Å². The Morgan fingerprint density at radius 1 is 1.25 bits per heavy atom. The molecule has 90 valence electrons. The number of hydrogen-bond acceptors (Lipinski definition) is 4. The average Bonchev–Trinajstić information content (AvgIpc) is 1.96. The first-order chi connectivity index (χ1) is 7.18. The fourth-order valence-electron chi connectivity index (χ4n) is 1.04. The van der Waals surface area contributed by atoms with Crippen LogP contribution in [0.1, 0.15) is 0 Å². The Kier molecular flexibility index (Phi) is 4.18. The van der Waals surface area contributed by atoms with Crippen molar-refractivity contribution in [3.8, 4) is 0 Å². The minimum atomic E-state index is -3.85. The molecule has 8 heteroatoms. The van der Waals surface area contributed by atoms with E-state index in [0.717, 1.165) is 9.83 Å². The van der Waals surface area contributed by atoms with Gasteiger partial charge in [-0.3, -0.25) is 4.72 Å². The van der Waals surface area contributed by atoms with Gasteiger partial charge in [-0.25, -0.2) is 16.8 Å². The molecule has 16 heavy (non-hydrogen) atoms. The quantitative estimate of drug-likeness (QED) is 0.798. The largest absolute Gasteiger partial charge is 0.283 e. The lowest BCUT2D eigenvalue weighted by atomic mass is 10.3. The summed E-state index contributed by atoms with van der Waals surface area (Å²) in [5.74, 6) is 0. The van der Waals surface area contributed by atoms with E-state index in [2.05, 4.69) is 4.72 Å². The molecule has 1 aromatic rings. The molecule has 0 fully saturated rings. The highest BCUT2D eigenvalue weighted by atomic mass is 127. The van der Waals surface area contributed by atoms with Crippen molar-refractivity contribution in [2.75, 3.05) is 16.1 Å². The Labute approximate surface area is 108 Å². The molecule has 0 amide bonds. The molecule has 0 aromatic heterocycles. The van der Waals surface area contributed by atoms with Crippen LogP contribution in [0.4, 0.5) is 5.69 Å². The Morgan fingerprint density at radius 2 is 1.88 bits per heavy atom. The van der Waals surface area contributed by atoms with Gasteiger partial charge in [0.2, 0.25) is 10.0 Å².